The van der Waals surface area contributed by atoms with Crippen LogP contribution in [0.4, 0.5) is 4.39 Å². The molecular weight excluding hydrogens is 323 g/mol. The van der Waals surface area contributed by atoms with E-state index < -0.39 is 11.9 Å². The SMILES string of the molecule is COc1ccc(C(O)Cn2c(CCCO)nc3ccccc32)cc1F. The number of benzene rings is 2. The minimum Gasteiger partial charge on any atom is -0.494 e. The van der Waals surface area contributed by atoms with Crippen LogP contribution in [0.15, 0.2) is 42.5 Å². The zero-order valence-electron chi connectivity index (χ0n) is 14.0. The van der Waals surface area contributed by atoms with Gasteiger partial charge in [-0.2, -0.15) is 0 Å². The van der Waals surface area contributed by atoms with Crippen molar-refractivity contribution >= 4 is 11.0 Å². The van der Waals surface area contributed by atoms with Crippen LogP contribution in [0.25, 0.3) is 11.0 Å². The number of hydrogen-bond donors (Lipinski definition) is 2. The van der Waals surface area contributed by atoms with Crippen molar-refractivity contribution in [3.8, 4) is 5.75 Å². The number of fused-ring (bicyclic) bond motifs is 1. The topological polar surface area (TPSA) is 67.5 Å². The first-order valence-electron chi connectivity index (χ1n) is 8.20. The number of nitrogens with zero attached hydrogens (tertiary/aromatic N) is 2. The predicted molar refractivity (Wildman–Crippen MR) is 93.1 cm³/mol. The molecule has 1 unspecified atom stereocenters. The summed E-state index contributed by atoms with van der Waals surface area (Å²) in [6.45, 7) is 0.336. The Morgan fingerprint density at radius 2 is 2.04 bits per heavy atom. The van der Waals surface area contributed by atoms with Crippen molar-refractivity contribution in [2.45, 2.75) is 25.5 Å². The fourth-order valence-corrected chi connectivity index (χ4v) is 2.93. The number of hydrogen-bond acceptors (Lipinski definition) is 4. The zero-order chi connectivity index (χ0) is 17.8. The van der Waals surface area contributed by atoms with Crippen LogP contribution in [0.1, 0.15) is 23.9 Å². The van der Waals surface area contributed by atoms with Crippen molar-refractivity contribution in [1.82, 2.24) is 9.55 Å². The first-order valence-corrected chi connectivity index (χ1v) is 8.20. The molecule has 0 saturated heterocycles. The molecule has 0 fully saturated rings. The number of methoxy groups -OCH3 is 1. The lowest BCUT2D eigenvalue weighted by atomic mass is 10.1. The fourth-order valence-electron chi connectivity index (χ4n) is 2.93. The summed E-state index contributed by atoms with van der Waals surface area (Å²) >= 11 is 0. The van der Waals surface area contributed by atoms with E-state index in [0.717, 1.165) is 16.9 Å². The summed E-state index contributed by atoms with van der Waals surface area (Å²) < 4.78 is 20.7. The number of imidazole rings is 1. The van der Waals surface area contributed by atoms with E-state index in [1.165, 1.54) is 19.2 Å². The smallest absolute Gasteiger partial charge is 0.165 e. The van der Waals surface area contributed by atoms with Gasteiger partial charge in [0.25, 0.3) is 0 Å². The van der Waals surface area contributed by atoms with Crippen LogP contribution in [-0.2, 0) is 13.0 Å². The third kappa shape index (κ3) is 3.65. The van der Waals surface area contributed by atoms with E-state index in [4.69, 9.17) is 9.84 Å². The molecule has 0 radical (unpaired) electrons. The van der Waals surface area contributed by atoms with Crippen LogP contribution >= 0.6 is 0 Å². The van der Waals surface area contributed by atoms with Gasteiger partial charge in [0.05, 0.1) is 30.8 Å². The molecule has 0 aliphatic carbocycles. The summed E-state index contributed by atoms with van der Waals surface area (Å²) in [6.07, 6.45) is 0.316. The molecule has 3 aromatic rings. The van der Waals surface area contributed by atoms with Gasteiger partial charge in [-0.1, -0.05) is 18.2 Å². The van der Waals surface area contributed by atoms with Crippen molar-refractivity contribution in [3.63, 3.8) is 0 Å². The van der Waals surface area contributed by atoms with Crippen molar-refractivity contribution in [2.24, 2.45) is 0 Å². The molecule has 1 aromatic heterocycles. The van der Waals surface area contributed by atoms with Crippen molar-refractivity contribution < 1.29 is 19.3 Å². The monoisotopic (exact) mass is 344 g/mol. The Morgan fingerprint density at radius 1 is 1.24 bits per heavy atom. The molecule has 25 heavy (non-hydrogen) atoms. The molecule has 0 aliphatic rings. The number of aliphatic hydroxyl groups excluding tert-OH is 2. The van der Waals surface area contributed by atoms with Crippen molar-refractivity contribution in [3.05, 3.63) is 59.7 Å². The van der Waals surface area contributed by atoms with Gasteiger partial charge < -0.3 is 19.5 Å². The maximum absolute atomic E-state index is 13.9. The average Bonchev–Trinajstić information content (AvgIpc) is 2.97. The second kappa shape index (κ2) is 7.63. The third-order valence-electron chi connectivity index (χ3n) is 4.21. The highest BCUT2D eigenvalue weighted by atomic mass is 19.1. The van der Waals surface area contributed by atoms with Crippen LogP contribution in [0, 0.1) is 5.82 Å². The van der Waals surface area contributed by atoms with E-state index >= 15 is 0 Å². The predicted octanol–water partition coefficient (Wildman–Crippen LogP) is 2.84. The Bertz CT molecular complexity index is 863. The van der Waals surface area contributed by atoms with Gasteiger partial charge in [0.2, 0.25) is 0 Å². The van der Waals surface area contributed by atoms with E-state index in [-0.39, 0.29) is 18.9 Å². The van der Waals surface area contributed by atoms with Crippen LogP contribution < -0.4 is 4.74 Å². The molecule has 2 N–H and O–H groups in total. The molecule has 6 heteroatoms. The number of para-hydroxylation sites is 2. The van der Waals surface area contributed by atoms with Crippen LogP contribution in [0.5, 0.6) is 5.75 Å². The summed E-state index contributed by atoms with van der Waals surface area (Å²) in [4.78, 5) is 4.59. The van der Waals surface area contributed by atoms with Crippen molar-refractivity contribution in [1.29, 1.82) is 0 Å². The highest BCUT2D eigenvalue weighted by molar-refractivity contribution is 5.75. The van der Waals surface area contributed by atoms with Crippen LogP contribution in [-0.4, -0.2) is 33.5 Å². The summed E-state index contributed by atoms with van der Waals surface area (Å²) in [5.41, 5.74) is 2.22. The lowest BCUT2D eigenvalue weighted by molar-refractivity contribution is 0.156. The van der Waals surface area contributed by atoms with E-state index in [2.05, 4.69) is 4.98 Å². The van der Waals surface area contributed by atoms with Gasteiger partial charge in [-0.05, 0) is 36.2 Å². The molecule has 1 atom stereocenters. The third-order valence-corrected chi connectivity index (χ3v) is 4.21. The van der Waals surface area contributed by atoms with Gasteiger partial charge in [0, 0.05) is 13.0 Å². The molecule has 3 rings (SSSR count). The Balaban J connectivity index is 1.91. The van der Waals surface area contributed by atoms with Gasteiger partial charge in [-0.25, -0.2) is 9.37 Å². The lowest BCUT2D eigenvalue weighted by Gasteiger charge is -2.16. The maximum atomic E-state index is 13.9. The normalized spacial score (nSPS) is 12.5. The fraction of sp³-hybridized carbons (Fsp3) is 0.316. The Morgan fingerprint density at radius 3 is 2.76 bits per heavy atom. The molecule has 1 heterocycles. The molecule has 5 nitrogen and oxygen atoms in total. The number of halogens is 1. The standard InChI is InChI=1S/C19H21FN2O3/c1-25-18-9-8-13(11-14(18)20)17(24)12-22-16-6-3-2-5-15(16)21-19(22)7-4-10-23/h2-3,5-6,8-9,11,17,23-24H,4,7,10,12H2,1H3. The van der Waals surface area contributed by atoms with E-state index in [1.54, 1.807) is 6.07 Å². The second-order valence-electron chi connectivity index (χ2n) is 5.86. The molecule has 0 saturated carbocycles. The molecule has 132 valence electrons. The minimum absolute atomic E-state index is 0.0788. The quantitative estimate of drug-likeness (QED) is 0.692. The zero-order valence-corrected chi connectivity index (χ0v) is 14.0. The van der Waals surface area contributed by atoms with E-state index in [1.807, 2.05) is 28.8 Å². The van der Waals surface area contributed by atoms with Crippen molar-refractivity contribution in [2.75, 3.05) is 13.7 Å². The Hall–Kier alpha value is -2.44. The summed E-state index contributed by atoms with van der Waals surface area (Å²) in [6, 6.07) is 12.1. The summed E-state index contributed by atoms with van der Waals surface area (Å²) in [5, 5.41) is 19.7. The summed E-state index contributed by atoms with van der Waals surface area (Å²) in [7, 11) is 1.40. The van der Waals surface area contributed by atoms with Crippen LogP contribution in [0.2, 0.25) is 0 Å². The highest BCUT2D eigenvalue weighted by Crippen LogP contribution is 2.25. The van der Waals surface area contributed by atoms with E-state index in [0.29, 0.717) is 18.4 Å². The van der Waals surface area contributed by atoms with Gasteiger partial charge >= 0.3 is 0 Å². The first kappa shape index (κ1) is 17.4. The number of aryl methyl sites for hydroxylation is 1. The molecular formula is C19H21FN2O3. The molecule has 2 aromatic carbocycles. The summed E-state index contributed by atoms with van der Waals surface area (Å²) in [5.74, 6) is 0.436. The number of ether oxygens (including phenoxy) is 1. The van der Waals surface area contributed by atoms with Gasteiger partial charge in [-0.15, -0.1) is 0 Å². The Kier molecular flexibility index (Phi) is 5.31. The molecule has 0 aliphatic heterocycles. The lowest BCUT2D eigenvalue weighted by Crippen LogP contribution is -2.12. The molecule has 0 amide bonds. The highest BCUT2D eigenvalue weighted by Gasteiger charge is 2.16. The van der Waals surface area contributed by atoms with Gasteiger partial charge in [0.15, 0.2) is 11.6 Å². The maximum Gasteiger partial charge on any atom is 0.165 e. The number of aliphatic hydroxyl groups is 2. The minimum atomic E-state index is -0.883. The largest absolute Gasteiger partial charge is 0.494 e. The molecule has 0 bridgehead atoms. The number of aromatic nitrogens is 2. The second-order valence-corrected chi connectivity index (χ2v) is 5.86. The van der Waals surface area contributed by atoms with E-state index in [9.17, 15) is 9.50 Å². The average molecular weight is 344 g/mol. The number of rotatable bonds is 7. The van der Waals surface area contributed by atoms with Gasteiger partial charge in [-0.3, -0.25) is 0 Å². The first-order chi connectivity index (χ1) is 12.1. The Labute approximate surface area is 145 Å². The molecule has 0 spiro atoms. The van der Waals surface area contributed by atoms with Crippen LogP contribution in [0.3, 0.4) is 0 Å². The van der Waals surface area contributed by atoms with Gasteiger partial charge in [0.1, 0.15) is 5.82 Å².